The predicted octanol–water partition coefficient (Wildman–Crippen LogP) is 4.01. The van der Waals surface area contributed by atoms with E-state index in [0.29, 0.717) is 29.7 Å². The smallest absolute Gasteiger partial charge is 0.338 e. The van der Waals surface area contributed by atoms with Crippen LogP contribution in [0.15, 0.2) is 42.5 Å². The lowest BCUT2D eigenvalue weighted by molar-refractivity contribution is -0.119. The first-order valence-electron chi connectivity index (χ1n) is 8.82. The molecule has 0 aromatic heterocycles. The summed E-state index contributed by atoms with van der Waals surface area (Å²) in [5.74, 6) is 0.377. The first-order chi connectivity index (χ1) is 12.9. The number of hydrogen-bond donors (Lipinski definition) is 1. The van der Waals surface area contributed by atoms with E-state index in [0.717, 1.165) is 0 Å². The summed E-state index contributed by atoms with van der Waals surface area (Å²) in [5, 5.41) is 2.70. The van der Waals surface area contributed by atoms with Crippen molar-refractivity contribution in [1.82, 2.24) is 0 Å². The first kappa shape index (κ1) is 20.3. The normalized spacial score (nSPS) is 10.4. The van der Waals surface area contributed by atoms with Gasteiger partial charge in [0.25, 0.3) is 5.91 Å². The molecule has 0 saturated heterocycles. The standard InChI is InChI=1S/C21H25NO5/c1-5-26-18-11-8-16(12-19(18)25-4)21(24)27-13-20(23)22-17-9-6-15(7-10-17)14(2)3/h6-12,14H,5,13H2,1-4H3,(H,22,23). The molecule has 6 nitrogen and oxygen atoms in total. The lowest BCUT2D eigenvalue weighted by Crippen LogP contribution is -2.21. The van der Waals surface area contributed by atoms with Crippen LogP contribution in [0.25, 0.3) is 0 Å². The lowest BCUT2D eigenvalue weighted by atomic mass is 10.0. The molecular weight excluding hydrogens is 346 g/mol. The molecule has 1 N–H and O–H groups in total. The van der Waals surface area contributed by atoms with Crippen molar-refractivity contribution >= 4 is 17.6 Å². The van der Waals surface area contributed by atoms with Crippen molar-refractivity contribution in [3.63, 3.8) is 0 Å². The van der Waals surface area contributed by atoms with Crippen LogP contribution < -0.4 is 14.8 Å². The highest BCUT2D eigenvalue weighted by Crippen LogP contribution is 2.28. The number of hydrogen-bond acceptors (Lipinski definition) is 5. The molecule has 1 amide bonds. The molecule has 0 spiro atoms. The van der Waals surface area contributed by atoms with Gasteiger partial charge in [-0.25, -0.2) is 4.79 Å². The van der Waals surface area contributed by atoms with Gasteiger partial charge in [-0.3, -0.25) is 4.79 Å². The van der Waals surface area contributed by atoms with E-state index in [-0.39, 0.29) is 12.2 Å². The van der Waals surface area contributed by atoms with Crippen LogP contribution in [0.1, 0.15) is 42.6 Å². The molecule has 0 aliphatic rings. The van der Waals surface area contributed by atoms with Gasteiger partial charge in [-0.1, -0.05) is 26.0 Å². The first-order valence-corrected chi connectivity index (χ1v) is 8.82. The van der Waals surface area contributed by atoms with Crippen LogP contribution in [0.3, 0.4) is 0 Å². The molecule has 27 heavy (non-hydrogen) atoms. The van der Waals surface area contributed by atoms with Gasteiger partial charge in [-0.2, -0.15) is 0 Å². The Hall–Kier alpha value is -3.02. The monoisotopic (exact) mass is 371 g/mol. The summed E-state index contributed by atoms with van der Waals surface area (Å²) >= 11 is 0. The van der Waals surface area contributed by atoms with E-state index in [1.165, 1.54) is 18.7 Å². The maximum Gasteiger partial charge on any atom is 0.338 e. The van der Waals surface area contributed by atoms with Crippen molar-refractivity contribution in [1.29, 1.82) is 0 Å². The summed E-state index contributed by atoms with van der Waals surface area (Å²) in [5.41, 5.74) is 2.12. The Morgan fingerprint density at radius 3 is 2.33 bits per heavy atom. The van der Waals surface area contributed by atoms with Crippen LogP contribution in [-0.2, 0) is 9.53 Å². The highest BCUT2D eigenvalue weighted by atomic mass is 16.5. The summed E-state index contributed by atoms with van der Waals surface area (Å²) in [6.07, 6.45) is 0. The molecule has 0 unspecified atom stereocenters. The van der Waals surface area contributed by atoms with Gasteiger partial charge in [0, 0.05) is 5.69 Å². The van der Waals surface area contributed by atoms with E-state index in [1.807, 2.05) is 31.2 Å². The van der Waals surface area contributed by atoms with Crippen LogP contribution in [0.4, 0.5) is 5.69 Å². The third kappa shape index (κ3) is 5.74. The Bertz CT molecular complexity index is 784. The molecule has 2 aromatic rings. The van der Waals surface area contributed by atoms with Gasteiger partial charge in [0.05, 0.1) is 19.3 Å². The second-order valence-electron chi connectivity index (χ2n) is 6.20. The number of amides is 1. The van der Waals surface area contributed by atoms with E-state index in [9.17, 15) is 9.59 Å². The minimum atomic E-state index is -0.610. The Kier molecular flexibility index (Phi) is 7.23. The van der Waals surface area contributed by atoms with Gasteiger partial charge in [0.15, 0.2) is 18.1 Å². The molecule has 0 aliphatic heterocycles. The van der Waals surface area contributed by atoms with Crippen molar-refractivity contribution < 1.29 is 23.8 Å². The van der Waals surface area contributed by atoms with E-state index in [2.05, 4.69) is 19.2 Å². The van der Waals surface area contributed by atoms with Crippen LogP contribution in [0, 0.1) is 0 Å². The molecule has 0 fully saturated rings. The maximum absolute atomic E-state index is 12.2. The highest BCUT2D eigenvalue weighted by Gasteiger charge is 2.14. The molecule has 0 radical (unpaired) electrons. The van der Waals surface area contributed by atoms with Gasteiger partial charge in [-0.05, 0) is 48.7 Å². The average molecular weight is 371 g/mol. The Morgan fingerprint density at radius 2 is 1.74 bits per heavy atom. The zero-order valence-electron chi connectivity index (χ0n) is 16.1. The fourth-order valence-electron chi connectivity index (χ4n) is 2.43. The Labute approximate surface area is 159 Å². The number of carbonyl (C=O) groups excluding carboxylic acids is 2. The SMILES string of the molecule is CCOc1ccc(C(=O)OCC(=O)Nc2ccc(C(C)C)cc2)cc1OC. The molecule has 2 rings (SSSR count). The third-order valence-electron chi connectivity index (χ3n) is 3.89. The fraction of sp³-hybridized carbons (Fsp3) is 0.333. The fourth-order valence-corrected chi connectivity index (χ4v) is 2.43. The van der Waals surface area contributed by atoms with Crippen LogP contribution in [-0.4, -0.2) is 32.2 Å². The lowest BCUT2D eigenvalue weighted by Gasteiger charge is -2.11. The molecule has 0 bridgehead atoms. The van der Waals surface area contributed by atoms with Gasteiger partial charge in [0.1, 0.15) is 0 Å². The highest BCUT2D eigenvalue weighted by molar-refractivity contribution is 5.95. The summed E-state index contributed by atoms with van der Waals surface area (Å²) in [4.78, 5) is 24.2. The third-order valence-corrected chi connectivity index (χ3v) is 3.89. The average Bonchev–Trinajstić information content (AvgIpc) is 2.67. The van der Waals surface area contributed by atoms with Crippen LogP contribution >= 0.6 is 0 Å². The minimum Gasteiger partial charge on any atom is -0.493 e. The minimum absolute atomic E-state index is 0.282. The Morgan fingerprint density at radius 1 is 1.04 bits per heavy atom. The number of methoxy groups -OCH3 is 1. The van der Waals surface area contributed by atoms with Gasteiger partial charge in [-0.15, -0.1) is 0 Å². The van der Waals surface area contributed by atoms with E-state index < -0.39 is 11.9 Å². The second-order valence-corrected chi connectivity index (χ2v) is 6.20. The number of nitrogens with one attached hydrogen (secondary N) is 1. The van der Waals surface area contributed by atoms with Crippen LogP contribution in [0.2, 0.25) is 0 Å². The van der Waals surface area contributed by atoms with E-state index in [4.69, 9.17) is 14.2 Å². The molecular formula is C21H25NO5. The van der Waals surface area contributed by atoms with Crippen LogP contribution in [0.5, 0.6) is 11.5 Å². The molecule has 0 saturated carbocycles. The molecule has 0 heterocycles. The summed E-state index contributed by atoms with van der Waals surface area (Å²) in [6, 6.07) is 12.3. The Balaban J connectivity index is 1.91. The second kappa shape index (κ2) is 9.62. The van der Waals surface area contributed by atoms with E-state index >= 15 is 0 Å². The van der Waals surface area contributed by atoms with Gasteiger partial charge in [0.2, 0.25) is 0 Å². The van der Waals surface area contributed by atoms with Crippen molar-refractivity contribution in [2.24, 2.45) is 0 Å². The maximum atomic E-state index is 12.2. The summed E-state index contributed by atoms with van der Waals surface area (Å²) in [6.45, 7) is 6.17. The van der Waals surface area contributed by atoms with Crippen molar-refractivity contribution in [2.45, 2.75) is 26.7 Å². The number of rotatable bonds is 8. The van der Waals surface area contributed by atoms with E-state index in [1.54, 1.807) is 12.1 Å². The molecule has 2 aromatic carbocycles. The number of ether oxygens (including phenoxy) is 3. The summed E-state index contributed by atoms with van der Waals surface area (Å²) < 4.78 is 15.7. The topological polar surface area (TPSA) is 73.9 Å². The number of carbonyl (C=O) groups is 2. The largest absolute Gasteiger partial charge is 0.493 e. The number of esters is 1. The van der Waals surface area contributed by atoms with Gasteiger partial charge < -0.3 is 19.5 Å². The van der Waals surface area contributed by atoms with Gasteiger partial charge >= 0.3 is 5.97 Å². The molecule has 6 heteroatoms. The summed E-state index contributed by atoms with van der Waals surface area (Å²) in [7, 11) is 1.49. The zero-order chi connectivity index (χ0) is 19.8. The van der Waals surface area contributed by atoms with Crippen molar-refractivity contribution in [3.05, 3.63) is 53.6 Å². The quantitative estimate of drug-likeness (QED) is 0.710. The molecule has 0 atom stereocenters. The van der Waals surface area contributed by atoms with Crippen molar-refractivity contribution in [3.8, 4) is 11.5 Å². The number of benzene rings is 2. The number of anilines is 1. The zero-order valence-corrected chi connectivity index (χ0v) is 16.1. The molecule has 144 valence electrons. The molecule has 0 aliphatic carbocycles. The van der Waals surface area contributed by atoms with Crippen molar-refractivity contribution in [2.75, 3.05) is 25.6 Å². The predicted molar refractivity (Wildman–Crippen MR) is 104 cm³/mol.